The van der Waals surface area contributed by atoms with Gasteiger partial charge in [-0.2, -0.15) is 0 Å². The zero-order chi connectivity index (χ0) is 3.54. The Labute approximate surface area is 64.9 Å². The molecule has 0 fully saturated rings. The molecule has 0 saturated carbocycles. The Kier molecular flexibility index (Phi) is 4.27. The maximum atomic E-state index is 3.44. The molecule has 0 aromatic carbocycles. The minimum absolute atomic E-state index is 0. The Morgan fingerprint density at radius 2 is 2.50 bits per heavy atom. The van der Waals surface area contributed by atoms with Crippen molar-refractivity contribution in [3.05, 3.63) is 11.0 Å². The van der Waals surface area contributed by atoms with Crippen molar-refractivity contribution in [3.8, 4) is 0 Å². The van der Waals surface area contributed by atoms with E-state index in [4.69, 9.17) is 0 Å². The Hall–Kier alpha value is 0.664. The van der Waals surface area contributed by atoms with Gasteiger partial charge in [-0.05, 0) is 5.51 Å². The topological polar surface area (TPSA) is 25.8 Å². The molecule has 0 atom stereocenters. The Balaban J connectivity index is 0.000000250. The van der Waals surface area contributed by atoms with Gasteiger partial charge in [-0.1, -0.05) is 5.51 Å². The summed E-state index contributed by atoms with van der Waals surface area (Å²) in [6.07, 6.45) is 0. The van der Waals surface area contributed by atoms with Crippen LogP contribution >= 0.6 is 11.3 Å². The fourth-order valence-electron chi connectivity index (χ4n) is 0.118. The van der Waals surface area contributed by atoms with Gasteiger partial charge in [0, 0.05) is 32.7 Å². The van der Waals surface area contributed by atoms with Crippen molar-refractivity contribution in [1.82, 2.24) is 10.2 Å². The molecule has 2 nitrogen and oxygen atoms in total. The fourth-order valence-corrected chi connectivity index (χ4v) is 0.354. The van der Waals surface area contributed by atoms with Crippen LogP contribution in [0.15, 0.2) is 5.51 Å². The molecule has 1 heterocycles. The number of hydrogen-bond acceptors (Lipinski definition) is 3. The van der Waals surface area contributed by atoms with Crippen LogP contribution in [-0.4, -0.2) is 10.2 Å². The van der Waals surface area contributed by atoms with Crippen LogP contribution in [0, 0.1) is 5.51 Å². The molecule has 0 saturated heterocycles. The van der Waals surface area contributed by atoms with Crippen molar-refractivity contribution in [2.24, 2.45) is 0 Å². The van der Waals surface area contributed by atoms with Gasteiger partial charge in [0.15, 0.2) is 0 Å². The quantitative estimate of drug-likeness (QED) is 0.530. The summed E-state index contributed by atoms with van der Waals surface area (Å²) in [5.74, 6) is 0. The predicted octanol–water partition coefficient (Wildman–Crippen LogP) is 0.336. The summed E-state index contributed by atoms with van der Waals surface area (Å²) in [5, 5.41) is 6.80. The maximum Gasteiger partial charge on any atom is 0 e. The molecule has 0 N–H and O–H groups in total. The normalized spacial score (nSPS) is 6.67. The molecule has 0 bridgehead atoms. The summed E-state index contributed by atoms with van der Waals surface area (Å²) in [6.45, 7) is 0. The first-order valence-electron chi connectivity index (χ1n) is 1.12. The van der Waals surface area contributed by atoms with Crippen molar-refractivity contribution in [1.29, 1.82) is 0 Å². The first-order valence-corrected chi connectivity index (χ1v) is 2.00. The SMILES string of the molecule is [Y].[c-]1nncs1. The number of hydrogen-bond donors (Lipinski definition) is 0. The van der Waals surface area contributed by atoms with Gasteiger partial charge in [0.05, 0.1) is 0 Å². The second-order valence-corrected chi connectivity index (χ2v) is 1.16. The summed E-state index contributed by atoms with van der Waals surface area (Å²) < 4.78 is 0. The van der Waals surface area contributed by atoms with Gasteiger partial charge in [-0.25, -0.2) is 0 Å². The fraction of sp³-hybridized carbons (Fsp3) is 0. The van der Waals surface area contributed by atoms with E-state index in [0.717, 1.165) is 0 Å². The van der Waals surface area contributed by atoms with Crippen LogP contribution in [0.1, 0.15) is 0 Å². The van der Waals surface area contributed by atoms with Gasteiger partial charge in [0.1, 0.15) is 0 Å². The third-order valence-electron chi connectivity index (χ3n) is 0.251. The van der Waals surface area contributed by atoms with E-state index in [0.29, 0.717) is 0 Å². The van der Waals surface area contributed by atoms with E-state index in [1.54, 1.807) is 5.51 Å². The molecule has 1 radical (unpaired) electrons. The average Bonchev–Trinajstić information content (AvgIpc) is 1.76. The zero-order valence-electron chi connectivity index (χ0n) is 2.96. The largest absolute Gasteiger partial charge is 0.319 e. The van der Waals surface area contributed by atoms with Crippen molar-refractivity contribution >= 4 is 11.3 Å². The monoisotopic (exact) mass is 174 g/mol. The molecule has 4 heteroatoms. The van der Waals surface area contributed by atoms with Crippen molar-refractivity contribution in [2.75, 3.05) is 0 Å². The molecule has 1 aromatic heterocycles. The van der Waals surface area contributed by atoms with E-state index >= 15 is 0 Å². The summed E-state index contributed by atoms with van der Waals surface area (Å²) in [4.78, 5) is 0. The molecule has 0 aliphatic heterocycles. The van der Waals surface area contributed by atoms with E-state index in [1.165, 1.54) is 11.3 Å². The Morgan fingerprint density at radius 1 is 1.67 bits per heavy atom. The second-order valence-electron chi connectivity index (χ2n) is 0.530. The van der Waals surface area contributed by atoms with E-state index in [2.05, 4.69) is 15.7 Å². The van der Waals surface area contributed by atoms with Crippen LogP contribution in [0.5, 0.6) is 0 Å². The van der Waals surface area contributed by atoms with Crippen LogP contribution < -0.4 is 0 Å². The summed E-state index contributed by atoms with van der Waals surface area (Å²) in [6, 6.07) is 0. The third kappa shape index (κ3) is 1.95. The van der Waals surface area contributed by atoms with Gasteiger partial charge >= 0.3 is 0 Å². The minimum atomic E-state index is 0. The van der Waals surface area contributed by atoms with Crippen LogP contribution in [0.3, 0.4) is 0 Å². The van der Waals surface area contributed by atoms with Gasteiger partial charge in [-0.15, -0.1) is 0 Å². The minimum Gasteiger partial charge on any atom is -0.319 e. The molecule has 1 aromatic rings. The summed E-state index contributed by atoms with van der Waals surface area (Å²) >= 11 is 1.37. The zero-order valence-corrected chi connectivity index (χ0v) is 6.61. The van der Waals surface area contributed by atoms with Crippen molar-refractivity contribution in [3.63, 3.8) is 0 Å². The number of aromatic nitrogens is 2. The van der Waals surface area contributed by atoms with Crippen molar-refractivity contribution in [2.45, 2.75) is 0 Å². The molecular formula is C2HN2SY-. The molecule has 0 aliphatic carbocycles. The molecule has 1 rings (SSSR count). The van der Waals surface area contributed by atoms with Crippen LogP contribution in [-0.2, 0) is 32.7 Å². The second kappa shape index (κ2) is 3.84. The molecule has 6 heavy (non-hydrogen) atoms. The van der Waals surface area contributed by atoms with Gasteiger partial charge in [0.2, 0.25) is 0 Å². The molecule has 0 amide bonds. The number of rotatable bonds is 0. The van der Waals surface area contributed by atoms with Crippen LogP contribution in [0.25, 0.3) is 0 Å². The first kappa shape index (κ1) is 6.66. The predicted molar refractivity (Wildman–Crippen MR) is 18.7 cm³/mol. The van der Waals surface area contributed by atoms with E-state index < -0.39 is 0 Å². The maximum absolute atomic E-state index is 3.44. The Bertz CT molecular complexity index is 68.0. The molecule has 0 spiro atoms. The standard InChI is InChI=1S/C2HN2S.Y/c1-3-4-2-5-1;/h1H;/q-1;. The smallest absolute Gasteiger partial charge is 0 e. The van der Waals surface area contributed by atoms with Crippen LogP contribution in [0.4, 0.5) is 0 Å². The van der Waals surface area contributed by atoms with Crippen LogP contribution in [0.2, 0.25) is 0 Å². The van der Waals surface area contributed by atoms with Gasteiger partial charge < -0.3 is 11.3 Å². The summed E-state index contributed by atoms with van der Waals surface area (Å²) in [7, 11) is 0. The van der Waals surface area contributed by atoms with Gasteiger partial charge in [-0.3, -0.25) is 10.2 Å². The van der Waals surface area contributed by atoms with Gasteiger partial charge in [0.25, 0.3) is 0 Å². The van der Waals surface area contributed by atoms with E-state index in [1.807, 2.05) is 0 Å². The number of nitrogens with zero attached hydrogens (tertiary/aromatic N) is 2. The third-order valence-corrected chi connectivity index (χ3v) is 0.638. The molecule has 29 valence electrons. The van der Waals surface area contributed by atoms with E-state index in [9.17, 15) is 0 Å². The average molecular weight is 174 g/mol. The first-order chi connectivity index (χ1) is 2.50. The molecular weight excluding hydrogens is 173 g/mol. The van der Waals surface area contributed by atoms with Crippen molar-refractivity contribution < 1.29 is 32.7 Å². The summed E-state index contributed by atoms with van der Waals surface area (Å²) in [5.41, 5.74) is 4.17. The molecule has 0 aliphatic rings. The molecule has 0 unspecified atom stereocenters. The van der Waals surface area contributed by atoms with E-state index in [-0.39, 0.29) is 32.7 Å². The Morgan fingerprint density at radius 3 is 2.67 bits per heavy atom.